The SMILES string of the molecule is CC(C)c1ccc2c(c1)CCN(S(=O)(=O)/C=C/CCCCO)C2. The van der Waals surface area contributed by atoms with E-state index in [0.717, 1.165) is 18.4 Å². The van der Waals surface area contributed by atoms with Gasteiger partial charge in [-0.2, -0.15) is 4.31 Å². The molecule has 1 aliphatic rings. The van der Waals surface area contributed by atoms with Gasteiger partial charge in [0.05, 0.1) is 0 Å². The van der Waals surface area contributed by atoms with Crippen LogP contribution in [-0.2, 0) is 23.0 Å². The Bertz CT molecular complexity index is 650. The smallest absolute Gasteiger partial charge is 0.236 e. The monoisotopic (exact) mass is 337 g/mol. The Labute approximate surface area is 139 Å². The van der Waals surface area contributed by atoms with Crippen molar-refractivity contribution >= 4 is 10.0 Å². The van der Waals surface area contributed by atoms with Crippen LogP contribution >= 0.6 is 0 Å². The molecule has 0 spiro atoms. The Hall–Kier alpha value is -1.17. The first kappa shape index (κ1) is 18.2. The van der Waals surface area contributed by atoms with Gasteiger partial charge in [0.1, 0.15) is 0 Å². The van der Waals surface area contributed by atoms with E-state index < -0.39 is 10.0 Å². The highest BCUT2D eigenvalue weighted by atomic mass is 32.2. The molecular formula is C18H27NO3S. The fraction of sp³-hybridized carbons (Fsp3) is 0.556. The summed E-state index contributed by atoms with van der Waals surface area (Å²) in [5.41, 5.74) is 3.69. The summed E-state index contributed by atoms with van der Waals surface area (Å²) in [5.74, 6) is 0.490. The third-order valence-electron chi connectivity index (χ3n) is 4.28. The van der Waals surface area contributed by atoms with E-state index in [1.165, 1.54) is 16.5 Å². The van der Waals surface area contributed by atoms with E-state index in [-0.39, 0.29) is 6.61 Å². The van der Waals surface area contributed by atoms with Crippen LogP contribution in [0.1, 0.15) is 55.7 Å². The summed E-state index contributed by atoms with van der Waals surface area (Å²) in [4.78, 5) is 0. The lowest BCUT2D eigenvalue weighted by atomic mass is 9.94. The van der Waals surface area contributed by atoms with Crippen LogP contribution in [0.3, 0.4) is 0 Å². The molecular weight excluding hydrogens is 310 g/mol. The maximum Gasteiger partial charge on any atom is 0.236 e. The molecule has 23 heavy (non-hydrogen) atoms. The number of aliphatic hydroxyl groups excluding tert-OH is 1. The molecule has 0 saturated carbocycles. The molecule has 128 valence electrons. The number of rotatable bonds is 7. The second-order valence-electron chi connectivity index (χ2n) is 6.40. The van der Waals surface area contributed by atoms with Crippen LogP contribution in [0.15, 0.2) is 29.7 Å². The molecule has 4 nitrogen and oxygen atoms in total. The van der Waals surface area contributed by atoms with Crippen molar-refractivity contribution in [1.29, 1.82) is 0 Å². The van der Waals surface area contributed by atoms with Crippen LogP contribution in [0, 0.1) is 0 Å². The van der Waals surface area contributed by atoms with Crippen LogP contribution in [0.4, 0.5) is 0 Å². The first-order chi connectivity index (χ1) is 10.9. The summed E-state index contributed by atoms with van der Waals surface area (Å²) in [7, 11) is -3.35. The number of hydrogen-bond acceptors (Lipinski definition) is 3. The van der Waals surface area contributed by atoms with E-state index in [0.29, 0.717) is 31.8 Å². The minimum atomic E-state index is -3.35. The maximum absolute atomic E-state index is 12.4. The number of allylic oxidation sites excluding steroid dienone is 1. The van der Waals surface area contributed by atoms with Gasteiger partial charge in [-0.15, -0.1) is 0 Å². The first-order valence-corrected chi connectivity index (χ1v) is 9.83. The number of unbranched alkanes of at least 4 members (excludes halogenated alkanes) is 2. The highest BCUT2D eigenvalue weighted by molar-refractivity contribution is 7.92. The second-order valence-corrected chi connectivity index (χ2v) is 8.22. The van der Waals surface area contributed by atoms with Gasteiger partial charge in [-0.3, -0.25) is 0 Å². The van der Waals surface area contributed by atoms with Crippen molar-refractivity contribution in [2.24, 2.45) is 0 Å². The predicted molar refractivity (Wildman–Crippen MR) is 93.6 cm³/mol. The van der Waals surface area contributed by atoms with E-state index in [9.17, 15) is 8.42 Å². The zero-order valence-corrected chi connectivity index (χ0v) is 14.8. The van der Waals surface area contributed by atoms with Crippen molar-refractivity contribution in [3.63, 3.8) is 0 Å². The van der Waals surface area contributed by atoms with Gasteiger partial charge in [0.25, 0.3) is 0 Å². The number of fused-ring (bicyclic) bond motifs is 1. The summed E-state index contributed by atoms with van der Waals surface area (Å²) in [6, 6.07) is 6.39. The quantitative estimate of drug-likeness (QED) is 0.778. The predicted octanol–water partition coefficient (Wildman–Crippen LogP) is 3.17. The molecule has 0 unspecified atom stereocenters. The fourth-order valence-corrected chi connectivity index (χ4v) is 3.99. The van der Waals surface area contributed by atoms with E-state index >= 15 is 0 Å². The molecule has 1 heterocycles. The number of hydrogen-bond donors (Lipinski definition) is 1. The van der Waals surface area contributed by atoms with Gasteiger partial charge in [0, 0.05) is 25.1 Å². The highest BCUT2D eigenvalue weighted by Crippen LogP contribution is 2.25. The normalized spacial score (nSPS) is 16.2. The van der Waals surface area contributed by atoms with Crippen molar-refractivity contribution in [2.45, 2.75) is 52.0 Å². The molecule has 0 atom stereocenters. The highest BCUT2D eigenvalue weighted by Gasteiger charge is 2.24. The van der Waals surface area contributed by atoms with Crippen molar-refractivity contribution in [2.75, 3.05) is 13.2 Å². The Kier molecular flexibility index (Phi) is 6.39. The van der Waals surface area contributed by atoms with Crippen LogP contribution in [0.5, 0.6) is 0 Å². The van der Waals surface area contributed by atoms with E-state index in [1.807, 2.05) is 0 Å². The molecule has 1 N–H and O–H groups in total. The average Bonchev–Trinajstić information content (AvgIpc) is 2.53. The minimum Gasteiger partial charge on any atom is -0.396 e. The summed E-state index contributed by atoms with van der Waals surface area (Å²) < 4.78 is 26.3. The lowest BCUT2D eigenvalue weighted by molar-refractivity contribution is 0.285. The van der Waals surface area contributed by atoms with Crippen molar-refractivity contribution < 1.29 is 13.5 Å². The van der Waals surface area contributed by atoms with Gasteiger partial charge in [-0.1, -0.05) is 38.1 Å². The van der Waals surface area contributed by atoms with Gasteiger partial charge in [0.15, 0.2) is 0 Å². The van der Waals surface area contributed by atoms with E-state index in [4.69, 9.17) is 5.11 Å². The van der Waals surface area contributed by atoms with Gasteiger partial charge in [-0.05, 0) is 48.3 Å². The number of nitrogens with zero attached hydrogens (tertiary/aromatic N) is 1. The Morgan fingerprint density at radius 2 is 2.04 bits per heavy atom. The zero-order chi connectivity index (χ0) is 16.9. The third-order valence-corrected chi connectivity index (χ3v) is 5.85. The van der Waals surface area contributed by atoms with Gasteiger partial charge in [0.2, 0.25) is 10.0 Å². The largest absolute Gasteiger partial charge is 0.396 e. The molecule has 0 aromatic heterocycles. The number of aliphatic hydroxyl groups is 1. The summed E-state index contributed by atoms with van der Waals surface area (Å²) in [5, 5.41) is 10.0. The summed E-state index contributed by atoms with van der Waals surface area (Å²) in [6.07, 6.45) is 4.67. The minimum absolute atomic E-state index is 0.155. The molecule has 0 fully saturated rings. The molecule has 1 aliphatic heterocycles. The Balaban J connectivity index is 2.03. The number of benzene rings is 1. The zero-order valence-electron chi connectivity index (χ0n) is 14.0. The molecule has 2 rings (SSSR count). The second kappa shape index (κ2) is 8.08. The molecule has 0 radical (unpaired) electrons. The molecule has 0 amide bonds. The van der Waals surface area contributed by atoms with Crippen LogP contribution < -0.4 is 0 Å². The first-order valence-electron chi connectivity index (χ1n) is 8.33. The van der Waals surface area contributed by atoms with Gasteiger partial charge in [-0.25, -0.2) is 8.42 Å². The van der Waals surface area contributed by atoms with E-state index in [2.05, 4.69) is 32.0 Å². The summed E-state index contributed by atoms with van der Waals surface area (Å²) >= 11 is 0. The lowest BCUT2D eigenvalue weighted by Crippen LogP contribution is -2.34. The van der Waals surface area contributed by atoms with Crippen LogP contribution in [0.2, 0.25) is 0 Å². The molecule has 0 aliphatic carbocycles. The number of sulfonamides is 1. The maximum atomic E-state index is 12.4. The Morgan fingerprint density at radius 1 is 1.26 bits per heavy atom. The van der Waals surface area contributed by atoms with Gasteiger partial charge >= 0.3 is 0 Å². The van der Waals surface area contributed by atoms with Crippen molar-refractivity contribution in [1.82, 2.24) is 4.31 Å². The molecule has 1 aromatic carbocycles. The molecule has 0 saturated heterocycles. The average molecular weight is 337 g/mol. The molecule has 0 bridgehead atoms. The van der Waals surface area contributed by atoms with Crippen LogP contribution in [0.25, 0.3) is 0 Å². The van der Waals surface area contributed by atoms with Gasteiger partial charge < -0.3 is 5.11 Å². The van der Waals surface area contributed by atoms with E-state index in [1.54, 1.807) is 10.4 Å². The molecule has 1 aromatic rings. The summed E-state index contributed by atoms with van der Waals surface area (Å²) in [6.45, 7) is 5.49. The fourth-order valence-electron chi connectivity index (χ4n) is 2.77. The topological polar surface area (TPSA) is 57.6 Å². The van der Waals surface area contributed by atoms with Crippen molar-refractivity contribution in [3.05, 3.63) is 46.4 Å². The third kappa shape index (κ3) is 4.90. The lowest BCUT2D eigenvalue weighted by Gasteiger charge is -2.27. The standard InChI is InChI=1S/C18H27NO3S/c1-15(2)16-7-8-18-14-19(10-9-17(18)13-16)23(21,22)12-6-4-3-5-11-20/h6-8,12-13,15,20H,3-5,9-11,14H2,1-2H3/b12-6+. The molecule has 5 heteroatoms. The van der Waals surface area contributed by atoms with Crippen molar-refractivity contribution in [3.8, 4) is 0 Å². The van der Waals surface area contributed by atoms with Crippen LogP contribution in [-0.4, -0.2) is 31.0 Å². The Morgan fingerprint density at radius 3 is 2.74 bits per heavy atom.